The van der Waals surface area contributed by atoms with E-state index in [0.717, 1.165) is 6.42 Å². The summed E-state index contributed by atoms with van der Waals surface area (Å²) >= 11 is 0. The van der Waals surface area contributed by atoms with Gasteiger partial charge in [0, 0.05) is 6.04 Å². The molecule has 1 nitrogen and oxygen atoms in total. The summed E-state index contributed by atoms with van der Waals surface area (Å²) in [6, 6.07) is 9.42. The van der Waals surface area contributed by atoms with Gasteiger partial charge in [-0.05, 0) is 44.0 Å². The van der Waals surface area contributed by atoms with Crippen LogP contribution in [0.4, 0.5) is 0 Å². The number of nitrogens with zero attached hydrogens (tertiary/aromatic N) is 1. The number of likely N-dealkylation sites (tertiary alicyclic amines) is 1. The highest BCUT2D eigenvalue weighted by atomic mass is 15.1. The summed E-state index contributed by atoms with van der Waals surface area (Å²) in [6.07, 6.45) is 8.24. The average Bonchev–Trinajstić information content (AvgIpc) is 2.73. The van der Waals surface area contributed by atoms with Crippen LogP contribution in [-0.2, 0) is 0 Å². The Morgan fingerprint density at radius 1 is 1.38 bits per heavy atom. The third kappa shape index (κ3) is 2.35. The lowest BCUT2D eigenvalue weighted by molar-refractivity contribution is 0.317. The molecule has 0 amide bonds. The first-order valence-corrected chi connectivity index (χ1v) is 6.28. The van der Waals surface area contributed by atoms with E-state index in [4.69, 9.17) is 0 Å². The molecule has 1 heteroatoms. The molecule has 16 heavy (non-hydrogen) atoms. The van der Waals surface area contributed by atoms with Gasteiger partial charge in [-0.2, -0.15) is 0 Å². The molecule has 1 aliphatic rings. The maximum absolute atomic E-state index is 2.47. The second-order valence-corrected chi connectivity index (χ2v) is 4.58. The fourth-order valence-corrected chi connectivity index (χ4v) is 2.51. The molecule has 2 rings (SSSR count). The number of rotatable bonds is 3. The molecule has 86 valence electrons. The molecule has 0 spiro atoms. The van der Waals surface area contributed by atoms with Gasteiger partial charge in [-0.15, -0.1) is 0 Å². The summed E-state index contributed by atoms with van der Waals surface area (Å²) in [4.78, 5) is 2.47. The van der Waals surface area contributed by atoms with Crippen LogP contribution in [0.25, 0.3) is 6.08 Å². The van der Waals surface area contributed by atoms with E-state index >= 15 is 0 Å². The van der Waals surface area contributed by atoms with Crippen LogP contribution in [0.15, 0.2) is 30.3 Å². The van der Waals surface area contributed by atoms with Crippen LogP contribution in [0.5, 0.6) is 0 Å². The normalized spacial score (nSPS) is 22.0. The first kappa shape index (κ1) is 11.4. The predicted molar refractivity (Wildman–Crippen MR) is 70.4 cm³/mol. The third-order valence-corrected chi connectivity index (χ3v) is 3.41. The summed E-state index contributed by atoms with van der Waals surface area (Å²) in [5, 5.41) is 0. The lowest BCUT2D eigenvalue weighted by atomic mass is 9.98. The molecule has 1 fully saturated rings. The van der Waals surface area contributed by atoms with Crippen LogP contribution >= 0.6 is 0 Å². The topological polar surface area (TPSA) is 3.24 Å². The number of hydrogen-bond donors (Lipinski definition) is 0. The quantitative estimate of drug-likeness (QED) is 0.739. The maximum Gasteiger partial charge on any atom is 0.0351 e. The molecule has 1 heterocycles. The lowest BCUT2D eigenvalue weighted by Crippen LogP contribution is -2.18. The van der Waals surface area contributed by atoms with Crippen molar-refractivity contribution in [3.8, 4) is 0 Å². The van der Waals surface area contributed by atoms with Crippen molar-refractivity contribution in [2.24, 2.45) is 0 Å². The molecule has 1 atom stereocenters. The second-order valence-electron chi connectivity index (χ2n) is 4.58. The molecule has 1 saturated heterocycles. The molecule has 1 aromatic rings. The zero-order valence-electron chi connectivity index (χ0n) is 10.3. The molecule has 1 unspecified atom stereocenters. The highest BCUT2D eigenvalue weighted by Crippen LogP contribution is 2.32. The first-order chi connectivity index (χ1) is 7.83. The van der Waals surface area contributed by atoms with Gasteiger partial charge < -0.3 is 0 Å². The molecule has 0 aromatic heterocycles. The monoisotopic (exact) mass is 215 g/mol. The van der Waals surface area contributed by atoms with E-state index in [2.05, 4.69) is 55.3 Å². The van der Waals surface area contributed by atoms with Crippen LogP contribution < -0.4 is 0 Å². The van der Waals surface area contributed by atoms with Crippen LogP contribution in [0.3, 0.4) is 0 Å². The lowest BCUT2D eigenvalue weighted by Gasteiger charge is -2.21. The first-order valence-electron chi connectivity index (χ1n) is 6.28. The zero-order chi connectivity index (χ0) is 11.4. The van der Waals surface area contributed by atoms with Gasteiger partial charge in [0.25, 0.3) is 0 Å². The van der Waals surface area contributed by atoms with Gasteiger partial charge in [0.2, 0.25) is 0 Å². The summed E-state index contributed by atoms with van der Waals surface area (Å²) < 4.78 is 0. The zero-order valence-corrected chi connectivity index (χ0v) is 10.3. The highest BCUT2D eigenvalue weighted by Gasteiger charge is 2.23. The van der Waals surface area contributed by atoms with E-state index < -0.39 is 0 Å². The molecule has 1 aromatic carbocycles. The Labute approximate surface area is 98.8 Å². The van der Waals surface area contributed by atoms with Crippen molar-refractivity contribution in [2.45, 2.75) is 32.2 Å². The standard InChI is InChI=1S/C15H21N/c1-3-4-8-13-9-5-6-10-14(13)15-11-7-12-16(15)2/h4-6,8-10,15H,3,7,11-12H2,1-2H3/b8-4+. The smallest absolute Gasteiger partial charge is 0.0351 e. The Hall–Kier alpha value is -1.08. The van der Waals surface area contributed by atoms with Gasteiger partial charge in [-0.25, -0.2) is 0 Å². The van der Waals surface area contributed by atoms with E-state index in [1.54, 1.807) is 0 Å². The predicted octanol–water partition coefficient (Wildman–Crippen LogP) is 3.88. The largest absolute Gasteiger partial charge is 0.299 e. The van der Waals surface area contributed by atoms with Gasteiger partial charge >= 0.3 is 0 Å². The van der Waals surface area contributed by atoms with Crippen molar-refractivity contribution < 1.29 is 0 Å². The molecule has 0 aliphatic carbocycles. The second kappa shape index (κ2) is 5.31. The number of benzene rings is 1. The molecule has 1 aliphatic heterocycles. The van der Waals surface area contributed by atoms with Crippen LogP contribution in [-0.4, -0.2) is 18.5 Å². The van der Waals surface area contributed by atoms with Crippen molar-refractivity contribution in [2.75, 3.05) is 13.6 Å². The van der Waals surface area contributed by atoms with Crippen molar-refractivity contribution >= 4 is 6.08 Å². The summed E-state index contributed by atoms with van der Waals surface area (Å²) in [6.45, 7) is 3.41. The maximum atomic E-state index is 2.47. The van der Waals surface area contributed by atoms with Crippen LogP contribution in [0.2, 0.25) is 0 Å². The Morgan fingerprint density at radius 2 is 2.19 bits per heavy atom. The minimum atomic E-state index is 0.623. The molecular formula is C15H21N. The van der Waals surface area contributed by atoms with Gasteiger partial charge in [0.15, 0.2) is 0 Å². The minimum absolute atomic E-state index is 0.623. The van der Waals surface area contributed by atoms with Crippen LogP contribution in [0, 0.1) is 0 Å². The van der Waals surface area contributed by atoms with Crippen LogP contribution in [0.1, 0.15) is 43.4 Å². The summed E-state index contributed by atoms with van der Waals surface area (Å²) in [5.41, 5.74) is 2.88. The third-order valence-electron chi connectivity index (χ3n) is 3.41. The van der Waals surface area contributed by atoms with E-state index in [-0.39, 0.29) is 0 Å². The van der Waals surface area contributed by atoms with Crippen molar-refractivity contribution in [1.29, 1.82) is 0 Å². The van der Waals surface area contributed by atoms with E-state index in [9.17, 15) is 0 Å². The number of hydrogen-bond acceptors (Lipinski definition) is 1. The van der Waals surface area contributed by atoms with Gasteiger partial charge in [0.1, 0.15) is 0 Å². The minimum Gasteiger partial charge on any atom is -0.299 e. The molecule has 0 saturated carbocycles. The van der Waals surface area contributed by atoms with E-state index in [1.165, 1.54) is 30.5 Å². The van der Waals surface area contributed by atoms with Crippen molar-refractivity contribution in [1.82, 2.24) is 4.90 Å². The van der Waals surface area contributed by atoms with E-state index in [0.29, 0.717) is 6.04 Å². The molecular weight excluding hydrogens is 194 g/mol. The van der Waals surface area contributed by atoms with Gasteiger partial charge in [-0.1, -0.05) is 43.3 Å². The van der Waals surface area contributed by atoms with Crippen molar-refractivity contribution in [3.63, 3.8) is 0 Å². The summed E-state index contributed by atoms with van der Waals surface area (Å²) in [5.74, 6) is 0. The SMILES string of the molecule is CC/C=C/c1ccccc1C1CCCN1C. The van der Waals surface area contributed by atoms with Gasteiger partial charge in [-0.3, -0.25) is 4.90 Å². The molecule has 0 radical (unpaired) electrons. The molecule has 0 bridgehead atoms. The Balaban J connectivity index is 2.28. The fourth-order valence-electron chi connectivity index (χ4n) is 2.51. The average molecular weight is 215 g/mol. The Morgan fingerprint density at radius 3 is 2.88 bits per heavy atom. The number of allylic oxidation sites excluding steroid dienone is 1. The Kier molecular flexibility index (Phi) is 3.79. The fraction of sp³-hybridized carbons (Fsp3) is 0.467. The van der Waals surface area contributed by atoms with Gasteiger partial charge in [0.05, 0.1) is 0 Å². The Bertz CT molecular complexity index is 367. The highest BCUT2D eigenvalue weighted by molar-refractivity contribution is 5.54. The summed E-state index contributed by atoms with van der Waals surface area (Å²) in [7, 11) is 2.23. The van der Waals surface area contributed by atoms with E-state index in [1.807, 2.05) is 0 Å². The molecule has 0 N–H and O–H groups in total. The van der Waals surface area contributed by atoms with Crippen molar-refractivity contribution in [3.05, 3.63) is 41.5 Å².